The Kier molecular flexibility index (Phi) is 9.08. The largest absolute Gasteiger partial charge is 0.493 e. The fourth-order valence-electron chi connectivity index (χ4n) is 4.14. The SMILES string of the molecule is COc1ccc(-c2cnc3c(c2)ncn3Cc2ccc(OC(C)c3cccnc3OC)c(OC)c2)cn1.O=CO. The maximum absolute atomic E-state index is 8.36. The Morgan fingerprint density at radius 1 is 0.900 bits per heavy atom. The van der Waals surface area contributed by atoms with Crippen LogP contribution in [-0.2, 0) is 11.3 Å². The zero-order chi connectivity index (χ0) is 28.5. The van der Waals surface area contributed by atoms with E-state index < -0.39 is 0 Å². The van der Waals surface area contributed by atoms with Crippen LogP contribution in [0, 0.1) is 0 Å². The van der Waals surface area contributed by atoms with Gasteiger partial charge in [0.2, 0.25) is 11.8 Å². The zero-order valence-electron chi connectivity index (χ0n) is 22.5. The summed E-state index contributed by atoms with van der Waals surface area (Å²) in [6.45, 7) is 2.28. The third-order valence-corrected chi connectivity index (χ3v) is 6.05. The first-order valence-corrected chi connectivity index (χ1v) is 12.2. The summed E-state index contributed by atoms with van der Waals surface area (Å²) in [5, 5.41) is 6.89. The number of fused-ring (bicyclic) bond motifs is 1. The van der Waals surface area contributed by atoms with E-state index in [2.05, 4.69) is 19.9 Å². The van der Waals surface area contributed by atoms with E-state index in [4.69, 9.17) is 28.8 Å². The van der Waals surface area contributed by atoms with Gasteiger partial charge in [-0.15, -0.1) is 0 Å². The van der Waals surface area contributed by atoms with E-state index in [1.165, 1.54) is 0 Å². The van der Waals surface area contributed by atoms with Crippen molar-refractivity contribution >= 4 is 17.6 Å². The third-order valence-electron chi connectivity index (χ3n) is 6.05. The highest BCUT2D eigenvalue weighted by molar-refractivity contribution is 5.78. The Bertz CT molecular complexity index is 1570. The van der Waals surface area contributed by atoms with E-state index in [9.17, 15) is 0 Å². The summed E-state index contributed by atoms with van der Waals surface area (Å²) < 4.78 is 24.4. The molecule has 5 aromatic rings. The van der Waals surface area contributed by atoms with Crippen LogP contribution in [0.2, 0.25) is 0 Å². The van der Waals surface area contributed by atoms with Crippen LogP contribution in [-0.4, -0.2) is 57.4 Å². The molecule has 206 valence electrons. The minimum absolute atomic E-state index is 0.250. The van der Waals surface area contributed by atoms with Crippen LogP contribution in [0.1, 0.15) is 24.2 Å². The van der Waals surface area contributed by atoms with E-state index in [1.54, 1.807) is 40.1 Å². The number of rotatable bonds is 9. The highest BCUT2D eigenvalue weighted by Gasteiger charge is 2.17. The number of methoxy groups -OCH3 is 3. The molecule has 0 radical (unpaired) electrons. The van der Waals surface area contributed by atoms with Crippen molar-refractivity contribution in [2.75, 3.05) is 21.3 Å². The van der Waals surface area contributed by atoms with Crippen molar-refractivity contribution in [3.8, 4) is 34.4 Å². The molecule has 0 aliphatic rings. The lowest BCUT2D eigenvalue weighted by atomic mass is 10.1. The maximum atomic E-state index is 8.36. The number of carbonyl (C=O) groups is 1. The Morgan fingerprint density at radius 2 is 1.70 bits per heavy atom. The van der Waals surface area contributed by atoms with Gasteiger partial charge in [-0.25, -0.2) is 19.9 Å². The molecule has 4 heterocycles. The van der Waals surface area contributed by atoms with Crippen LogP contribution >= 0.6 is 0 Å². The normalized spacial score (nSPS) is 11.2. The lowest BCUT2D eigenvalue weighted by molar-refractivity contribution is -0.122. The molecule has 0 spiro atoms. The van der Waals surface area contributed by atoms with Gasteiger partial charge < -0.3 is 28.6 Å². The predicted molar refractivity (Wildman–Crippen MR) is 148 cm³/mol. The maximum Gasteiger partial charge on any atom is 0.290 e. The van der Waals surface area contributed by atoms with E-state index in [0.29, 0.717) is 29.8 Å². The summed E-state index contributed by atoms with van der Waals surface area (Å²) in [7, 11) is 4.82. The van der Waals surface area contributed by atoms with Crippen LogP contribution in [0.5, 0.6) is 23.3 Å². The number of aromatic nitrogens is 5. The van der Waals surface area contributed by atoms with Crippen molar-refractivity contribution < 1.29 is 28.8 Å². The number of benzene rings is 1. The first-order valence-electron chi connectivity index (χ1n) is 12.2. The highest BCUT2D eigenvalue weighted by Crippen LogP contribution is 2.34. The number of imidazole rings is 1. The number of ether oxygens (including phenoxy) is 4. The minimum Gasteiger partial charge on any atom is -0.493 e. The molecule has 1 aromatic carbocycles. The lowest BCUT2D eigenvalue weighted by Crippen LogP contribution is -2.07. The van der Waals surface area contributed by atoms with Crippen LogP contribution in [0.3, 0.4) is 0 Å². The second-order valence-electron chi connectivity index (χ2n) is 8.48. The molecule has 1 atom stereocenters. The van der Waals surface area contributed by atoms with Gasteiger partial charge in [0.15, 0.2) is 17.1 Å². The van der Waals surface area contributed by atoms with Gasteiger partial charge in [0.25, 0.3) is 6.47 Å². The predicted octanol–water partition coefficient (Wildman–Crippen LogP) is 4.80. The van der Waals surface area contributed by atoms with E-state index in [1.807, 2.05) is 66.2 Å². The molecule has 0 saturated heterocycles. The zero-order valence-corrected chi connectivity index (χ0v) is 22.5. The average Bonchev–Trinajstić information content (AvgIpc) is 3.40. The second-order valence-corrected chi connectivity index (χ2v) is 8.48. The van der Waals surface area contributed by atoms with Crippen molar-refractivity contribution in [1.82, 2.24) is 24.5 Å². The van der Waals surface area contributed by atoms with Gasteiger partial charge in [0.05, 0.1) is 39.8 Å². The van der Waals surface area contributed by atoms with Crippen molar-refractivity contribution in [2.24, 2.45) is 0 Å². The molecule has 5 rings (SSSR count). The summed E-state index contributed by atoms with van der Waals surface area (Å²) in [4.78, 5) is 26.1. The molecule has 4 aromatic heterocycles. The molecule has 0 saturated carbocycles. The molecule has 11 nitrogen and oxygen atoms in total. The van der Waals surface area contributed by atoms with E-state index >= 15 is 0 Å². The standard InChI is InChI=1S/C28H27N5O4.CH2O2/c1-18(22-6-5-11-29-28(22)36-4)37-24-9-7-19(12-25(24)34-2)16-33-17-32-23-13-21(15-31-27(23)33)20-8-10-26(35-3)30-14-20;2-1-3/h5-15,17-18H,16H2,1-4H3;1H,(H,2,3). The molecule has 1 unspecified atom stereocenters. The quantitative estimate of drug-likeness (QED) is 0.259. The van der Waals surface area contributed by atoms with Crippen LogP contribution in [0.25, 0.3) is 22.3 Å². The van der Waals surface area contributed by atoms with Crippen LogP contribution < -0.4 is 18.9 Å². The Hall–Kier alpha value is -5.19. The van der Waals surface area contributed by atoms with Gasteiger partial charge in [-0.2, -0.15) is 0 Å². The first-order chi connectivity index (χ1) is 19.5. The number of pyridine rings is 3. The number of nitrogens with zero attached hydrogens (tertiary/aromatic N) is 5. The fraction of sp³-hybridized carbons (Fsp3) is 0.207. The Morgan fingerprint density at radius 3 is 2.40 bits per heavy atom. The van der Waals surface area contributed by atoms with Crippen molar-refractivity contribution in [1.29, 1.82) is 0 Å². The fourth-order valence-corrected chi connectivity index (χ4v) is 4.14. The number of hydrogen-bond acceptors (Lipinski definition) is 9. The van der Waals surface area contributed by atoms with E-state index in [0.717, 1.165) is 33.4 Å². The van der Waals surface area contributed by atoms with E-state index in [-0.39, 0.29) is 12.6 Å². The van der Waals surface area contributed by atoms with Gasteiger partial charge in [-0.05, 0) is 48.9 Å². The van der Waals surface area contributed by atoms with Gasteiger partial charge >= 0.3 is 0 Å². The summed E-state index contributed by atoms with van der Waals surface area (Å²) in [5.41, 5.74) is 5.37. The smallest absolute Gasteiger partial charge is 0.290 e. The monoisotopic (exact) mass is 543 g/mol. The summed E-state index contributed by atoms with van der Waals surface area (Å²) >= 11 is 0. The molecule has 0 amide bonds. The molecule has 1 N–H and O–H groups in total. The molecule has 0 fully saturated rings. The van der Waals surface area contributed by atoms with Crippen LogP contribution in [0.4, 0.5) is 0 Å². The third kappa shape index (κ3) is 6.26. The van der Waals surface area contributed by atoms with Gasteiger partial charge in [0.1, 0.15) is 11.6 Å². The van der Waals surface area contributed by atoms with Crippen molar-refractivity contribution in [2.45, 2.75) is 19.6 Å². The van der Waals surface area contributed by atoms with Crippen LogP contribution in [0.15, 0.2) is 73.4 Å². The van der Waals surface area contributed by atoms with Gasteiger partial charge in [-0.3, -0.25) is 4.79 Å². The van der Waals surface area contributed by atoms with Gasteiger partial charge in [0, 0.05) is 35.8 Å². The Labute approximate surface area is 231 Å². The Balaban J connectivity index is 0.00000118. The molecule has 11 heteroatoms. The summed E-state index contributed by atoms with van der Waals surface area (Å²) in [6, 6.07) is 15.5. The average molecular weight is 544 g/mol. The number of hydrogen-bond donors (Lipinski definition) is 1. The molecule has 0 aliphatic heterocycles. The molecular weight excluding hydrogens is 514 g/mol. The second kappa shape index (κ2) is 13.1. The topological polar surface area (TPSA) is 131 Å². The summed E-state index contributed by atoms with van der Waals surface area (Å²) in [6.07, 6.45) is 6.80. The molecule has 40 heavy (non-hydrogen) atoms. The van der Waals surface area contributed by atoms with Crippen molar-refractivity contribution in [3.05, 3.63) is 84.6 Å². The molecular formula is C29H29N5O6. The summed E-state index contributed by atoms with van der Waals surface area (Å²) in [5.74, 6) is 2.38. The highest BCUT2D eigenvalue weighted by atomic mass is 16.5. The molecule has 0 aliphatic carbocycles. The van der Waals surface area contributed by atoms with Crippen molar-refractivity contribution in [3.63, 3.8) is 0 Å². The molecule has 0 bridgehead atoms. The first kappa shape index (κ1) is 27.8. The lowest BCUT2D eigenvalue weighted by Gasteiger charge is -2.19. The number of carboxylic acid groups (broad SMARTS) is 1. The minimum atomic E-state index is -0.278. The van der Waals surface area contributed by atoms with Gasteiger partial charge in [-0.1, -0.05) is 6.07 Å².